The molecule has 6 nitrogen and oxygen atoms in total. The molecule has 2 rings (SSSR count). The van der Waals surface area contributed by atoms with E-state index in [0.717, 1.165) is 11.6 Å². The van der Waals surface area contributed by atoms with E-state index < -0.39 is 5.97 Å². The lowest BCUT2D eigenvalue weighted by Gasteiger charge is -2.13. The number of nitrogens with one attached hydrogen (secondary N) is 1. The van der Waals surface area contributed by atoms with Gasteiger partial charge in [0.05, 0.1) is 29.0 Å². The van der Waals surface area contributed by atoms with Crippen LogP contribution in [-0.4, -0.2) is 34.7 Å². The molecule has 112 valence electrons. The van der Waals surface area contributed by atoms with E-state index in [1.165, 1.54) is 6.07 Å². The van der Waals surface area contributed by atoms with Gasteiger partial charge in [0, 0.05) is 26.8 Å². The van der Waals surface area contributed by atoms with Crippen molar-refractivity contribution in [3.63, 3.8) is 0 Å². The van der Waals surface area contributed by atoms with E-state index in [4.69, 9.17) is 16.7 Å². The molecule has 7 heteroatoms. The molecule has 0 amide bonds. The highest BCUT2D eigenvalue weighted by molar-refractivity contribution is 6.33. The predicted molar refractivity (Wildman–Crippen MR) is 83.3 cm³/mol. The quantitative estimate of drug-likeness (QED) is 0.888. The minimum Gasteiger partial charge on any atom is -0.478 e. The maximum absolute atomic E-state index is 11.0. The molecule has 2 N–H and O–H groups in total. The second-order valence-corrected chi connectivity index (χ2v) is 5.26. The summed E-state index contributed by atoms with van der Waals surface area (Å²) in [5, 5.41) is 12.5. The summed E-state index contributed by atoms with van der Waals surface area (Å²) in [4.78, 5) is 17.3. The summed E-state index contributed by atoms with van der Waals surface area (Å²) < 4.78 is 1.97. The van der Waals surface area contributed by atoms with Crippen molar-refractivity contribution in [1.29, 1.82) is 0 Å². The van der Waals surface area contributed by atoms with Crippen molar-refractivity contribution in [1.82, 2.24) is 9.55 Å². The average molecular weight is 309 g/mol. The van der Waals surface area contributed by atoms with E-state index in [2.05, 4.69) is 10.3 Å². The highest BCUT2D eigenvalue weighted by Gasteiger charge is 2.11. The number of imidazole rings is 1. The number of aromatic nitrogens is 2. The first kappa shape index (κ1) is 15.2. The van der Waals surface area contributed by atoms with E-state index in [-0.39, 0.29) is 10.6 Å². The van der Waals surface area contributed by atoms with Crippen LogP contribution in [0.15, 0.2) is 24.4 Å². The summed E-state index contributed by atoms with van der Waals surface area (Å²) >= 11 is 5.84. The van der Waals surface area contributed by atoms with Crippen LogP contribution in [0.2, 0.25) is 5.02 Å². The van der Waals surface area contributed by atoms with Gasteiger partial charge in [-0.3, -0.25) is 0 Å². The minimum atomic E-state index is -1.04. The summed E-state index contributed by atoms with van der Waals surface area (Å²) in [5.41, 5.74) is 1.77. The zero-order valence-corrected chi connectivity index (χ0v) is 12.8. The van der Waals surface area contributed by atoms with Gasteiger partial charge >= 0.3 is 5.97 Å². The minimum absolute atomic E-state index is 0.0839. The molecule has 1 heterocycles. The van der Waals surface area contributed by atoms with Gasteiger partial charge in [0.15, 0.2) is 0 Å². The Labute approximate surface area is 128 Å². The monoisotopic (exact) mass is 308 g/mol. The number of carboxylic acid groups (broad SMARTS) is 1. The van der Waals surface area contributed by atoms with Crippen LogP contribution in [-0.2, 0) is 13.6 Å². The van der Waals surface area contributed by atoms with Crippen molar-refractivity contribution in [3.8, 4) is 0 Å². The molecule has 1 aromatic carbocycles. The largest absolute Gasteiger partial charge is 0.478 e. The molecule has 0 aliphatic rings. The van der Waals surface area contributed by atoms with Gasteiger partial charge in [0.25, 0.3) is 0 Å². The molecular weight excluding hydrogens is 292 g/mol. The number of halogens is 1. The molecule has 0 spiro atoms. The smallest absolute Gasteiger partial charge is 0.337 e. The standard InChI is InChI=1S/C14H17ClN4O2/c1-18(2)14-17-8-10(19(14)3)7-16-9-4-5-12(15)11(6-9)13(20)21/h4-6,8,16H,7H2,1-3H3,(H,20,21). The summed E-state index contributed by atoms with van der Waals surface area (Å²) in [7, 11) is 5.79. The third kappa shape index (κ3) is 3.28. The fourth-order valence-electron chi connectivity index (χ4n) is 2.01. The number of nitrogens with zero attached hydrogens (tertiary/aromatic N) is 3. The molecular formula is C14H17ClN4O2. The van der Waals surface area contributed by atoms with E-state index in [1.807, 2.05) is 30.6 Å². The van der Waals surface area contributed by atoms with Crippen molar-refractivity contribution >= 4 is 29.2 Å². The van der Waals surface area contributed by atoms with Gasteiger partial charge < -0.3 is 19.9 Å². The molecule has 21 heavy (non-hydrogen) atoms. The maximum atomic E-state index is 11.0. The number of rotatable bonds is 5. The van der Waals surface area contributed by atoms with Crippen LogP contribution in [0.5, 0.6) is 0 Å². The Kier molecular flexibility index (Phi) is 4.37. The molecule has 0 unspecified atom stereocenters. The zero-order chi connectivity index (χ0) is 15.6. The van der Waals surface area contributed by atoms with Gasteiger partial charge in [0.1, 0.15) is 0 Å². The lowest BCUT2D eigenvalue weighted by atomic mass is 10.2. The molecule has 0 aliphatic heterocycles. The summed E-state index contributed by atoms with van der Waals surface area (Å²) in [6.45, 7) is 0.540. The fourth-order valence-corrected chi connectivity index (χ4v) is 2.20. The third-order valence-corrected chi connectivity index (χ3v) is 3.46. The normalized spacial score (nSPS) is 10.5. The summed E-state index contributed by atoms with van der Waals surface area (Å²) in [5.74, 6) is -0.187. The van der Waals surface area contributed by atoms with Gasteiger partial charge in [-0.15, -0.1) is 0 Å². The molecule has 0 radical (unpaired) electrons. The van der Waals surface area contributed by atoms with Crippen LogP contribution in [0, 0.1) is 0 Å². The summed E-state index contributed by atoms with van der Waals surface area (Å²) in [6.07, 6.45) is 1.79. The van der Waals surface area contributed by atoms with E-state index in [9.17, 15) is 4.79 Å². The van der Waals surface area contributed by atoms with Crippen LogP contribution < -0.4 is 10.2 Å². The van der Waals surface area contributed by atoms with Gasteiger partial charge in [-0.1, -0.05) is 11.6 Å². The number of carboxylic acids is 1. The van der Waals surface area contributed by atoms with E-state index >= 15 is 0 Å². The molecule has 0 saturated heterocycles. The topological polar surface area (TPSA) is 70.4 Å². The number of anilines is 2. The van der Waals surface area contributed by atoms with Crippen LogP contribution >= 0.6 is 11.6 Å². The van der Waals surface area contributed by atoms with Gasteiger partial charge in [-0.2, -0.15) is 0 Å². The van der Waals surface area contributed by atoms with E-state index in [1.54, 1.807) is 18.3 Å². The van der Waals surface area contributed by atoms with Gasteiger partial charge in [-0.05, 0) is 18.2 Å². The Bertz CT molecular complexity index is 667. The number of carbonyl (C=O) groups is 1. The SMILES string of the molecule is CN(C)c1ncc(CNc2ccc(Cl)c(C(=O)O)c2)n1C. The van der Waals surface area contributed by atoms with Crippen LogP contribution in [0.1, 0.15) is 16.1 Å². The highest BCUT2D eigenvalue weighted by Crippen LogP contribution is 2.21. The lowest BCUT2D eigenvalue weighted by molar-refractivity contribution is 0.0697. The number of benzene rings is 1. The average Bonchev–Trinajstić information content (AvgIpc) is 2.79. The number of hydrogen-bond donors (Lipinski definition) is 2. The maximum Gasteiger partial charge on any atom is 0.337 e. The van der Waals surface area contributed by atoms with Crippen molar-refractivity contribution < 1.29 is 9.90 Å². The molecule has 2 aromatic rings. The molecule has 1 aromatic heterocycles. The first-order valence-corrected chi connectivity index (χ1v) is 6.72. The molecule has 0 fully saturated rings. The van der Waals surface area contributed by atoms with Crippen molar-refractivity contribution in [2.45, 2.75) is 6.54 Å². The van der Waals surface area contributed by atoms with Crippen molar-refractivity contribution in [3.05, 3.63) is 40.7 Å². The van der Waals surface area contributed by atoms with Crippen LogP contribution in [0.25, 0.3) is 0 Å². The first-order valence-electron chi connectivity index (χ1n) is 6.34. The number of hydrogen-bond acceptors (Lipinski definition) is 4. The second kappa shape index (κ2) is 6.05. The van der Waals surface area contributed by atoms with Crippen molar-refractivity contribution in [2.24, 2.45) is 7.05 Å². The van der Waals surface area contributed by atoms with Gasteiger partial charge in [-0.25, -0.2) is 9.78 Å². The molecule has 0 atom stereocenters. The molecule has 0 saturated carbocycles. The zero-order valence-electron chi connectivity index (χ0n) is 12.1. The highest BCUT2D eigenvalue weighted by atomic mass is 35.5. The van der Waals surface area contributed by atoms with Crippen LogP contribution in [0.3, 0.4) is 0 Å². The lowest BCUT2D eigenvalue weighted by Crippen LogP contribution is -2.15. The Balaban J connectivity index is 2.13. The Morgan fingerprint density at radius 3 is 2.76 bits per heavy atom. The van der Waals surface area contributed by atoms with E-state index in [0.29, 0.717) is 12.2 Å². The first-order chi connectivity index (χ1) is 9.90. The Morgan fingerprint density at radius 2 is 2.19 bits per heavy atom. The van der Waals surface area contributed by atoms with Crippen LogP contribution in [0.4, 0.5) is 11.6 Å². The Morgan fingerprint density at radius 1 is 1.48 bits per heavy atom. The van der Waals surface area contributed by atoms with Gasteiger partial charge in [0.2, 0.25) is 5.95 Å². The molecule has 0 bridgehead atoms. The predicted octanol–water partition coefficient (Wildman–Crippen LogP) is 2.45. The summed E-state index contributed by atoms with van der Waals surface area (Å²) in [6, 6.07) is 4.84. The number of aromatic carboxylic acids is 1. The third-order valence-electron chi connectivity index (χ3n) is 3.13. The Hall–Kier alpha value is -2.21. The fraction of sp³-hybridized carbons (Fsp3) is 0.286. The second-order valence-electron chi connectivity index (χ2n) is 4.86. The molecule has 0 aliphatic carbocycles. The van der Waals surface area contributed by atoms with Crippen molar-refractivity contribution in [2.75, 3.05) is 24.3 Å².